The highest BCUT2D eigenvalue weighted by Gasteiger charge is 2.32. The van der Waals surface area contributed by atoms with Gasteiger partial charge in [0, 0.05) is 12.1 Å². The van der Waals surface area contributed by atoms with Crippen molar-refractivity contribution in [1.29, 1.82) is 0 Å². The minimum atomic E-state index is -0.113. The largest absolute Gasteiger partial charge is 0.493 e. The number of rotatable bonds is 7. The molecule has 1 aliphatic rings. The van der Waals surface area contributed by atoms with Crippen molar-refractivity contribution in [2.45, 2.75) is 44.7 Å². The second kappa shape index (κ2) is 7.47. The third-order valence-corrected chi connectivity index (χ3v) is 4.70. The lowest BCUT2D eigenvalue weighted by atomic mass is 9.98. The van der Waals surface area contributed by atoms with E-state index in [-0.39, 0.29) is 12.1 Å². The standard InChI is InChI=1S/C16H24BrNO3/c1-3-21-15-13(17)8-12(9-14(15)20-2)10-18-16(11-19)6-4-5-7-16/h8-9,18-19H,3-7,10-11H2,1-2H3. The molecule has 0 atom stereocenters. The number of aliphatic hydroxyl groups is 1. The van der Waals surface area contributed by atoms with Gasteiger partial charge in [-0.05, 0) is 53.4 Å². The molecular weight excluding hydrogens is 334 g/mol. The Morgan fingerprint density at radius 3 is 2.62 bits per heavy atom. The maximum absolute atomic E-state index is 9.65. The molecule has 0 saturated heterocycles. The fourth-order valence-electron chi connectivity index (χ4n) is 2.89. The molecule has 2 N–H and O–H groups in total. The van der Waals surface area contributed by atoms with Gasteiger partial charge in [-0.2, -0.15) is 0 Å². The highest BCUT2D eigenvalue weighted by molar-refractivity contribution is 9.10. The molecule has 0 amide bonds. The zero-order valence-electron chi connectivity index (χ0n) is 12.7. The van der Waals surface area contributed by atoms with E-state index in [2.05, 4.69) is 21.2 Å². The van der Waals surface area contributed by atoms with Gasteiger partial charge < -0.3 is 19.9 Å². The monoisotopic (exact) mass is 357 g/mol. The first kappa shape index (κ1) is 16.6. The summed E-state index contributed by atoms with van der Waals surface area (Å²) in [6, 6.07) is 4.03. The fraction of sp³-hybridized carbons (Fsp3) is 0.625. The molecule has 4 nitrogen and oxygen atoms in total. The summed E-state index contributed by atoms with van der Waals surface area (Å²) in [4.78, 5) is 0. The van der Waals surface area contributed by atoms with Crippen LogP contribution in [0.4, 0.5) is 0 Å². The van der Waals surface area contributed by atoms with Gasteiger partial charge in [-0.1, -0.05) is 12.8 Å². The summed E-state index contributed by atoms with van der Waals surface area (Å²) in [5.74, 6) is 1.47. The van der Waals surface area contributed by atoms with Crippen molar-refractivity contribution in [3.8, 4) is 11.5 Å². The van der Waals surface area contributed by atoms with E-state index in [0.29, 0.717) is 13.2 Å². The lowest BCUT2D eigenvalue weighted by Gasteiger charge is -2.28. The quantitative estimate of drug-likeness (QED) is 0.786. The lowest BCUT2D eigenvalue weighted by Crippen LogP contribution is -2.45. The Morgan fingerprint density at radius 1 is 1.33 bits per heavy atom. The molecule has 0 unspecified atom stereocenters. The number of methoxy groups -OCH3 is 1. The molecular formula is C16H24BrNO3. The molecule has 0 spiro atoms. The summed E-state index contributed by atoms with van der Waals surface area (Å²) in [7, 11) is 1.65. The summed E-state index contributed by atoms with van der Waals surface area (Å²) < 4.78 is 11.9. The van der Waals surface area contributed by atoms with Crippen molar-refractivity contribution in [2.75, 3.05) is 20.3 Å². The van der Waals surface area contributed by atoms with E-state index in [0.717, 1.165) is 34.4 Å². The van der Waals surface area contributed by atoms with Crippen molar-refractivity contribution < 1.29 is 14.6 Å². The maximum atomic E-state index is 9.65. The van der Waals surface area contributed by atoms with Crippen molar-refractivity contribution in [3.63, 3.8) is 0 Å². The SMILES string of the molecule is CCOc1c(Br)cc(CNC2(CO)CCCC2)cc1OC. The Balaban J connectivity index is 2.11. The van der Waals surface area contributed by atoms with Crippen molar-refractivity contribution in [2.24, 2.45) is 0 Å². The van der Waals surface area contributed by atoms with Gasteiger partial charge in [0.05, 0.1) is 24.8 Å². The number of ether oxygens (including phenoxy) is 2. The predicted molar refractivity (Wildman–Crippen MR) is 87.0 cm³/mol. The molecule has 1 aliphatic carbocycles. The van der Waals surface area contributed by atoms with Crippen LogP contribution in [-0.2, 0) is 6.54 Å². The van der Waals surface area contributed by atoms with Gasteiger partial charge in [0.1, 0.15) is 0 Å². The number of aliphatic hydroxyl groups excluding tert-OH is 1. The Labute approximate surface area is 135 Å². The van der Waals surface area contributed by atoms with E-state index < -0.39 is 0 Å². The zero-order valence-corrected chi connectivity index (χ0v) is 14.3. The zero-order chi connectivity index (χ0) is 15.3. The minimum absolute atomic E-state index is 0.113. The highest BCUT2D eigenvalue weighted by Crippen LogP contribution is 2.37. The smallest absolute Gasteiger partial charge is 0.175 e. The van der Waals surface area contributed by atoms with Crippen molar-refractivity contribution in [3.05, 3.63) is 22.2 Å². The molecule has 0 aliphatic heterocycles. The van der Waals surface area contributed by atoms with Crippen LogP contribution in [0.25, 0.3) is 0 Å². The molecule has 0 bridgehead atoms. The van der Waals surface area contributed by atoms with Gasteiger partial charge in [0.2, 0.25) is 0 Å². The first-order valence-corrected chi connectivity index (χ1v) is 8.28. The van der Waals surface area contributed by atoms with Crippen LogP contribution >= 0.6 is 15.9 Å². The Hall–Kier alpha value is -0.780. The second-order valence-corrected chi connectivity index (χ2v) is 6.40. The molecule has 5 heteroatoms. The topological polar surface area (TPSA) is 50.7 Å². The molecule has 1 saturated carbocycles. The summed E-state index contributed by atoms with van der Waals surface area (Å²) in [5, 5.41) is 13.2. The molecule has 1 fully saturated rings. The third-order valence-electron chi connectivity index (χ3n) is 4.11. The van der Waals surface area contributed by atoms with Gasteiger partial charge >= 0.3 is 0 Å². The predicted octanol–water partition coefficient (Wildman–Crippen LogP) is 3.25. The molecule has 0 heterocycles. The molecule has 0 radical (unpaired) electrons. The van der Waals surface area contributed by atoms with E-state index in [1.165, 1.54) is 12.8 Å². The normalized spacial score (nSPS) is 17.0. The average Bonchev–Trinajstić information content (AvgIpc) is 2.97. The van der Waals surface area contributed by atoms with Crippen LogP contribution in [0.5, 0.6) is 11.5 Å². The molecule has 2 rings (SSSR count). The summed E-state index contributed by atoms with van der Waals surface area (Å²) in [6.45, 7) is 3.46. The molecule has 118 valence electrons. The number of hydrogen-bond donors (Lipinski definition) is 2. The number of halogens is 1. The van der Waals surface area contributed by atoms with E-state index in [1.807, 2.05) is 19.1 Å². The van der Waals surface area contributed by atoms with Crippen LogP contribution < -0.4 is 14.8 Å². The lowest BCUT2D eigenvalue weighted by molar-refractivity contribution is 0.163. The van der Waals surface area contributed by atoms with Crippen LogP contribution in [0, 0.1) is 0 Å². The number of hydrogen-bond acceptors (Lipinski definition) is 4. The van der Waals surface area contributed by atoms with Crippen LogP contribution in [0.15, 0.2) is 16.6 Å². The first-order chi connectivity index (χ1) is 10.1. The van der Waals surface area contributed by atoms with Gasteiger partial charge in [0.15, 0.2) is 11.5 Å². The van der Waals surface area contributed by atoms with E-state index >= 15 is 0 Å². The van der Waals surface area contributed by atoms with Gasteiger partial charge in [-0.15, -0.1) is 0 Å². The molecule has 1 aromatic rings. The third kappa shape index (κ3) is 3.90. The van der Waals surface area contributed by atoms with Crippen molar-refractivity contribution in [1.82, 2.24) is 5.32 Å². The van der Waals surface area contributed by atoms with Gasteiger partial charge in [0.25, 0.3) is 0 Å². The summed E-state index contributed by atoms with van der Waals surface area (Å²) >= 11 is 3.54. The first-order valence-electron chi connectivity index (χ1n) is 7.49. The fourth-order valence-corrected chi connectivity index (χ4v) is 3.50. The Bertz CT molecular complexity index is 473. The van der Waals surface area contributed by atoms with Crippen LogP contribution in [-0.4, -0.2) is 31.0 Å². The maximum Gasteiger partial charge on any atom is 0.175 e. The minimum Gasteiger partial charge on any atom is -0.493 e. The number of benzene rings is 1. The van der Waals surface area contributed by atoms with Gasteiger partial charge in [-0.25, -0.2) is 0 Å². The van der Waals surface area contributed by atoms with Gasteiger partial charge in [-0.3, -0.25) is 0 Å². The molecule has 1 aromatic carbocycles. The highest BCUT2D eigenvalue weighted by atomic mass is 79.9. The summed E-state index contributed by atoms with van der Waals surface area (Å²) in [6.07, 6.45) is 4.45. The Morgan fingerprint density at radius 2 is 2.05 bits per heavy atom. The van der Waals surface area contributed by atoms with Crippen LogP contribution in [0.1, 0.15) is 38.2 Å². The number of nitrogens with one attached hydrogen (secondary N) is 1. The van der Waals surface area contributed by atoms with Crippen LogP contribution in [0.3, 0.4) is 0 Å². The van der Waals surface area contributed by atoms with Crippen molar-refractivity contribution >= 4 is 15.9 Å². The molecule has 0 aromatic heterocycles. The second-order valence-electron chi connectivity index (χ2n) is 5.54. The Kier molecular flexibility index (Phi) is 5.90. The van der Waals surface area contributed by atoms with Crippen LogP contribution in [0.2, 0.25) is 0 Å². The molecule has 21 heavy (non-hydrogen) atoms. The van der Waals surface area contributed by atoms with E-state index in [4.69, 9.17) is 9.47 Å². The van der Waals surface area contributed by atoms with E-state index in [9.17, 15) is 5.11 Å². The average molecular weight is 358 g/mol. The van der Waals surface area contributed by atoms with E-state index in [1.54, 1.807) is 7.11 Å². The summed E-state index contributed by atoms with van der Waals surface area (Å²) in [5.41, 5.74) is 1.00.